The van der Waals surface area contributed by atoms with E-state index < -0.39 is 0 Å². The number of aliphatic hydroxyl groups is 1. The summed E-state index contributed by atoms with van der Waals surface area (Å²) in [7, 11) is 2.12. The zero-order chi connectivity index (χ0) is 24.6. The minimum Gasteiger partial charge on any atom is -0.494 e. The van der Waals surface area contributed by atoms with Crippen molar-refractivity contribution in [1.29, 1.82) is 0 Å². The summed E-state index contributed by atoms with van der Waals surface area (Å²) in [6.45, 7) is 6.15. The second-order valence-electron chi connectivity index (χ2n) is 9.80. The summed E-state index contributed by atoms with van der Waals surface area (Å²) in [6.07, 6.45) is 7.24. The molecule has 192 valence electrons. The van der Waals surface area contributed by atoms with E-state index in [-0.39, 0.29) is 18.6 Å². The van der Waals surface area contributed by atoms with Gasteiger partial charge in [0, 0.05) is 31.8 Å². The van der Waals surface area contributed by atoms with Crippen LogP contribution in [-0.2, 0) is 0 Å². The number of nitrogens with one attached hydrogen (secondary N) is 1. The zero-order valence-corrected chi connectivity index (χ0v) is 21.0. The molecule has 2 saturated heterocycles. The Morgan fingerprint density at radius 3 is 2.77 bits per heavy atom. The molecule has 0 bridgehead atoms. The zero-order valence-electron chi connectivity index (χ0n) is 21.0. The number of hydrogen-bond acceptors (Lipinski definition) is 8. The summed E-state index contributed by atoms with van der Waals surface area (Å²) >= 11 is 0. The summed E-state index contributed by atoms with van der Waals surface area (Å²) in [5.74, 6) is 2.86. The van der Waals surface area contributed by atoms with Gasteiger partial charge in [-0.3, -0.25) is 9.69 Å². The van der Waals surface area contributed by atoms with Crippen molar-refractivity contribution in [3.63, 3.8) is 0 Å². The van der Waals surface area contributed by atoms with Crippen molar-refractivity contribution in [1.82, 2.24) is 20.4 Å². The van der Waals surface area contributed by atoms with Crippen LogP contribution in [0.15, 0.2) is 22.7 Å². The highest BCUT2D eigenvalue weighted by Crippen LogP contribution is 2.31. The molecule has 1 amide bonds. The first-order valence-corrected chi connectivity index (χ1v) is 13.0. The largest absolute Gasteiger partial charge is 0.494 e. The number of aromatic nitrogens is 2. The van der Waals surface area contributed by atoms with Gasteiger partial charge in [0.05, 0.1) is 12.6 Å². The van der Waals surface area contributed by atoms with E-state index in [9.17, 15) is 4.79 Å². The standard InChI is InChI=1S/C26H39N5O4/c1-19-18-21(8-9-22(19)24(33)27-12-5-16-32)34-17-4-6-20-10-14-31(15-11-20)26-28-25(35-29-26)23-7-3-13-30(23)2/h8-9,18,20,23,32H,3-7,10-17H2,1-2H3,(H,27,33)/t23-/m0/s1. The van der Waals surface area contributed by atoms with Gasteiger partial charge in [-0.15, -0.1) is 0 Å². The van der Waals surface area contributed by atoms with E-state index in [2.05, 4.69) is 27.3 Å². The first-order chi connectivity index (χ1) is 17.0. The maximum atomic E-state index is 12.2. The summed E-state index contributed by atoms with van der Waals surface area (Å²) < 4.78 is 11.5. The normalized spacial score (nSPS) is 19.3. The molecule has 4 rings (SSSR count). The molecular formula is C26H39N5O4. The maximum Gasteiger partial charge on any atom is 0.266 e. The third-order valence-corrected chi connectivity index (χ3v) is 7.22. The second-order valence-corrected chi connectivity index (χ2v) is 9.80. The average molecular weight is 486 g/mol. The van der Waals surface area contributed by atoms with Crippen LogP contribution in [-0.4, -0.2) is 72.5 Å². The summed E-state index contributed by atoms with van der Waals surface area (Å²) in [4.78, 5) is 21.5. The molecule has 1 aromatic carbocycles. The van der Waals surface area contributed by atoms with Gasteiger partial charge in [0.1, 0.15) is 5.75 Å². The number of hydrogen-bond donors (Lipinski definition) is 2. The van der Waals surface area contributed by atoms with Crippen molar-refractivity contribution in [3.8, 4) is 5.75 Å². The van der Waals surface area contributed by atoms with Crippen LogP contribution in [0.4, 0.5) is 5.95 Å². The number of carbonyl (C=O) groups is 1. The summed E-state index contributed by atoms with van der Waals surface area (Å²) in [5.41, 5.74) is 1.53. The van der Waals surface area contributed by atoms with Crippen molar-refractivity contribution in [2.45, 2.75) is 57.9 Å². The van der Waals surface area contributed by atoms with Crippen molar-refractivity contribution in [2.24, 2.45) is 5.92 Å². The quantitative estimate of drug-likeness (QED) is 0.467. The van der Waals surface area contributed by atoms with Gasteiger partial charge in [-0.25, -0.2) is 0 Å². The van der Waals surface area contributed by atoms with Crippen LogP contribution in [0.25, 0.3) is 0 Å². The molecule has 35 heavy (non-hydrogen) atoms. The lowest BCUT2D eigenvalue weighted by Crippen LogP contribution is -2.34. The molecule has 0 aliphatic carbocycles. The summed E-state index contributed by atoms with van der Waals surface area (Å²) in [6, 6.07) is 5.85. The van der Waals surface area contributed by atoms with Gasteiger partial charge < -0.3 is 24.6 Å². The predicted molar refractivity (Wildman–Crippen MR) is 134 cm³/mol. The van der Waals surface area contributed by atoms with Crippen LogP contribution >= 0.6 is 0 Å². The number of anilines is 1. The molecule has 2 fully saturated rings. The molecule has 1 aromatic heterocycles. The van der Waals surface area contributed by atoms with Crippen LogP contribution in [0.2, 0.25) is 0 Å². The number of rotatable bonds is 11. The Bertz CT molecular complexity index is 957. The van der Waals surface area contributed by atoms with E-state index in [4.69, 9.17) is 19.4 Å². The Kier molecular flexibility index (Phi) is 8.98. The Balaban J connectivity index is 1.15. The van der Waals surface area contributed by atoms with Crippen LogP contribution < -0.4 is 15.0 Å². The van der Waals surface area contributed by atoms with Crippen LogP contribution in [0.5, 0.6) is 5.75 Å². The van der Waals surface area contributed by atoms with Crippen molar-refractivity contribution >= 4 is 11.9 Å². The molecule has 2 N–H and O–H groups in total. The van der Waals surface area contributed by atoms with E-state index in [1.807, 2.05) is 25.1 Å². The van der Waals surface area contributed by atoms with E-state index in [1.165, 1.54) is 6.42 Å². The van der Waals surface area contributed by atoms with Gasteiger partial charge in [0.15, 0.2) is 0 Å². The minimum absolute atomic E-state index is 0.0726. The Labute approximate surface area is 207 Å². The number of amides is 1. The monoisotopic (exact) mass is 485 g/mol. The molecule has 9 nitrogen and oxygen atoms in total. The number of aliphatic hydroxyl groups excluding tert-OH is 1. The fourth-order valence-corrected chi connectivity index (χ4v) is 5.05. The van der Waals surface area contributed by atoms with Crippen LogP contribution in [0, 0.1) is 12.8 Å². The first kappa shape index (κ1) is 25.4. The minimum atomic E-state index is -0.114. The van der Waals surface area contributed by atoms with E-state index in [0.717, 1.165) is 74.9 Å². The number of aryl methyl sites for hydroxylation is 1. The fraction of sp³-hybridized carbons (Fsp3) is 0.654. The number of likely N-dealkylation sites (tertiary alicyclic amines) is 1. The molecule has 0 radical (unpaired) electrons. The SMILES string of the molecule is Cc1cc(OCCCC2CCN(c3noc([C@@H]4CCCN4C)n3)CC2)ccc1C(=O)NCCCO. The number of carbonyl (C=O) groups excluding carboxylic acids is 1. The van der Waals surface area contributed by atoms with Gasteiger partial charge in [-0.2, -0.15) is 4.98 Å². The van der Waals surface area contributed by atoms with Gasteiger partial charge in [0.25, 0.3) is 11.9 Å². The number of nitrogens with zero attached hydrogens (tertiary/aromatic N) is 4. The van der Waals surface area contributed by atoms with Crippen molar-refractivity contribution < 1.29 is 19.2 Å². The molecular weight excluding hydrogens is 446 g/mol. The highest BCUT2D eigenvalue weighted by atomic mass is 16.5. The molecule has 2 aliphatic rings. The van der Waals surface area contributed by atoms with E-state index in [1.54, 1.807) is 0 Å². The van der Waals surface area contributed by atoms with Crippen molar-refractivity contribution in [2.75, 3.05) is 51.3 Å². The van der Waals surface area contributed by atoms with Gasteiger partial charge in [0.2, 0.25) is 5.89 Å². The second kappa shape index (κ2) is 12.4. The molecule has 0 spiro atoms. The highest BCUT2D eigenvalue weighted by molar-refractivity contribution is 5.95. The lowest BCUT2D eigenvalue weighted by molar-refractivity contribution is 0.0950. The lowest BCUT2D eigenvalue weighted by Gasteiger charge is -2.30. The van der Waals surface area contributed by atoms with Crippen LogP contribution in [0.3, 0.4) is 0 Å². The van der Waals surface area contributed by atoms with E-state index >= 15 is 0 Å². The Hall–Kier alpha value is -2.65. The summed E-state index contributed by atoms with van der Waals surface area (Å²) in [5, 5.41) is 15.9. The predicted octanol–water partition coefficient (Wildman–Crippen LogP) is 3.33. The molecule has 0 saturated carbocycles. The molecule has 3 heterocycles. The van der Waals surface area contributed by atoms with Crippen molar-refractivity contribution in [3.05, 3.63) is 35.2 Å². The number of piperidine rings is 1. The smallest absolute Gasteiger partial charge is 0.266 e. The van der Waals surface area contributed by atoms with Crippen LogP contribution in [0.1, 0.15) is 72.8 Å². The Morgan fingerprint density at radius 1 is 1.23 bits per heavy atom. The number of ether oxygens (including phenoxy) is 1. The van der Waals surface area contributed by atoms with Gasteiger partial charge in [-0.05, 0) is 100 Å². The first-order valence-electron chi connectivity index (χ1n) is 13.0. The molecule has 0 unspecified atom stereocenters. The van der Waals surface area contributed by atoms with E-state index in [0.29, 0.717) is 31.1 Å². The third kappa shape index (κ3) is 6.73. The molecule has 1 atom stereocenters. The molecule has 2 aromatic rings. The molecule has 9 heteroatoms. The van der Waals surface area contributed by atoms with Gasteiger partial charge in [-0.1, -0.05) is 0 Å². The fourth-order valence-electron chi connectivity index (χ4n) is 5.05. The maximum absolute atomic E-state index is 12.2. The molecule has 2 aliphatic heterocycles. The number of benzene rings is 1. The van der Waals surface area contributed by atoms with Gasteiger partial charge >= 0.3 is 0 Å². The topological polar surface area (TPSA) is 104 Å². The average Bonchev–Trinajstić information content (AvgIpc) is 3.51. The highest BCUT2D eigenvalue weighted by Gasteiger charge is 2.29. The lowest BCUT2D eigenvalue weighted by atomic mass is 9.92. The Morgan fingerprint density at radius 2 is 2.06 bits per heavy atom. The third-order valence-electron chi connectivity index (χ3n) is 7.22.